The number of sulfonamides is 1. The summed E-state index contributed by atoms with van der Waals surface area (Å²) in [4.78, 5) is 0. The lowest BCUT2D eigenvalue weighted by atomic mass is 10.1. The molecule has 2 rings (SSSR count). The molecule has 1 atom stereocenters. The van der Waals surface area contributed by atoms with E-state index < -0.39 is 10.0 Å². The predicted octanol–water partition coefficient (Wildman–Crippen LogP) is 4.20. The Morgan fingerprint density at radius 2 is 1.95 bits per heavy atom. The third-order valence-electron chi connectivity index (χ3n) is 2.52. The summed E-state index contributed by atoms with van der Waals surface area (Å²) in [6.45, 7) is 1.80. The zero-order chi connectivity index (χ0) is 14.0. The third-order valence-corrected chi connectivity index (χ3v) is 7.01. The molecule has 3 nitrogen and oxygen atoms in total. The Hall–Kier alpha value is -0.400. The molecule has 19 heavy (non-hydrogen) atoms. The van der Waals surface area contributed by atoms with E-state index in [0.29, 0.717) is 8.81 Å². The van der Waals surface area contributed by atoms with E-state index in [4.69, 9.17) is 11.6 Å². The molecule has 0 fully saturated rings. The van der Waals surface area contributed by atoms with Gasteiger partial charge in [0.2, 0.25) is 0 Å². The molecule has 0 radical (unpaired) electrons. The number of thiophene rings is 1. The summed E-state index contributed by atoms with van der Waals surface area (Å²) in [5, 5.41) is 0.401. The molecular formula is C12H11BrClNO2S2. The molecule has 1 aromatic heterocycles. The van der Waals surface area contributed by atoms with Crippen LogP contribution in [0.2, 0.25) is 5.02 Å². The molecule has 0 spiro atoms. The SMILES string of the molecule is CC(NS(=O)(=O)c1cc(Cl)c(Br)s1)c1ccccc1. The van der Waals surface area contributed by atoms with Crippen LogP contribution in [0.1, 0.15) is 18.5 Å². The summed E-state index contributed by atoms with van der Waals surface area (Å²) in [6, 6.07) is 10.5. The Morgan fingerprint density at radius 1 is 1.32 bits per heavy atom. The molecule has 0 saturated carbocycles. The molecule has 102 valence electrons. The van der Waals surface area contributed by atoms with E-state index in [-0.39, 0.29) is 10.3 Å². The van der Waals surface area contributed by atoms with Crippen molar-refractivity contribution in [3.8, 4) is 0 Å². The zero-order valence-electron chi connectivity index (χ0n) is 9.93. The van der Waals surface area contributed by atoms with Crippen molar-refractivity contribution in [1.29, 1.82) is 0 Å². The van der Waals surface area contributed by atoms with Crippen molar-refractivity contribution in [3.05, 3.63) is 50.8 Å². The van der Waals surface area contributed by atoms with Gasteiger partial charge < -0.3 is 0 Å². The standard InChI is InChI=1S/C12H11BrClNO2S2/c1-8(9-5-3-2-4-6-9)15-19(16,17)11-7-10(14)12(13)18-11/h2-8,15H,1H3. The molecule has 0 bridgehead atoms. The topological polar surface area (TPSA) is 46.2 Å². The van der Waals surface area contributed by atoms with Gasteiger partial charge in [-0.15, -0.1) is 11.3 Å². The average Bonchev–Trinajstić information content (AvgIpc) is 2.71. The zero-order valence-corrected chi connectivity index (χ0v) is 13.9. The Kier molecular flexibility index (Phi) is 4.68. The first-order chi connectivity index (χ1) is 8.90. The highest BCUT2D eigenvalue weighted by molar-refractivity contribution is 9.11. The number of benzene rings is 1. The number of rotatable bonds is 4. The van der Waals surface area contributed by atoms with Crippen molar-refractivity contribution in [3.63, 3.8) is 0 Å². The quantitative estimate of drug-likeness (QED) is 0.864. The Labute approximate surface area is 129 Å². The highest BCUT2D eigenvalue weighted by atomic mass is 79.9. The van der Waals surface area contributed by atoms with E-state index >= 15 is 0 Å². The van der Waals surface area contributed by atoms with Crippen LogP contribution in [0, 0.1) is 0 Å². The minimum absolute atomic E-state index is 0.201. The van der Waals surface area contributed by atoms with E-state index in [0.717, 1.165) is 16.9 Å². The van der Waals surface area contributed by atoms with Crippen LogP contribution in [-0.2, 0) is 10.0 Å². The molecule has 1 N–H and O–H groups in total. The van der Waals surface area contributed by atoms with E-state index in [1.54, 1.807) is 6.92 Å². The summed E-state index contributed by atoms with van der Waals surface area (Å²) in [6.07, 6.45) is 0. The Balaban J connectivity index is 2.22. The first-order valence-corrected chi connectivity index (χ1v) is 8.89. The van der Waals surface area contributed by atoms with E-state index in [2.05, 4.69) is 20.7 Å². The van der Waals surface area contributed by atoms with E-state index in [1.165, 1.54) is 6.07 Å². The lowest BCUT2D eigenvalue weighted by molar-refractivity contribution is 0.569. The summed E-state index contributed by atoms with van der Waals surface area (Å²) < 4.78 is 27.8. The normalized spacial score (nSPS) is 13.4. The smallest absolute Gasteiger partial charge is 0.206 e. The van der Waals surface area contributed by atoms with Crippen LogP contribution in [0.5, 0.6) is 0 Å². The van der Waals surface area contributed by atoms with Crippen molar-refractivity contribution in [2.24, 2.45) is 0 Å². The van der Waals surface area contributed by atoms with Gasteiger partial charge in [-0.3, -0.25) is 0 Å². The van der Waals surface area contributed by atoms with Gasteiger partial charge >= 0.3 is 0 Å². The second-order valence-corrected chi connectivity index (χ2v) is 8.66. The van der Waals surface area contributed by atoms with Crippen molar-refractivity contribution >= 4 is 48.9 Å². The minimum atomic E-state index is -3.56. The first-order valence-electron chi connectivity index (χ1n) is 5.42. The van der Waals surface area contributed by atoms with Gasteiger partial charge in [0.15, 0.2) is 0 Å². The van der Waals surface area contributed by atoms with Gasteiger partial charge in [0.1, 0.15) is 4.21 Å². The van der Waals surface area contributed by atoms with Crippen LogP contribution >= 0.6 is 38.9 Å². The molecule has 0 aliphatic carbocycles. The molecule has 1 unspecified atom stereocenters. The van der Waals surface area contributed by atoms with Crippen LogP contribution in [0.15, 0.2) is 44.4 Å². The lowest BCUT2D eigenvalue weighted by Crippen LogP contribution is -2.26. The highest BCUT2D eigenvalue weighted by Gasteiger charge is 2.21. The van der Waals surface area contributed by atoms with E-state index in [9.17, 15) is 8.42 Å². The van der Waals surface area contributed by atoms with Gasteiger partial charge in [0.05, 0.1) is 8.81 Å². The predicted molar refractivity (Wildman–Crippen MR) is 82.2 cm³/mol. The fourth-order valence-electron chi connectivity index (χ4n) is 1.56. The van der Waals surface area contributed by atoms with E-state index in [1.807, 2.05) is 30.3 Å². The fourth-order valence-corrected chi connectivity index (χ4v) is 5.21. The Morgan fingerprint density at radius 3 is 2.47 bits per heavy atom. The monoisotopic (exact) mass is 379 g/mol. The Bertz CT molecular complexity index is 651. The summed E-state index contributed by atoms with van der Waals surface area (Å²) in [5.41, 5.74) is 0.910. The first kappa shape index (κ1) is 15.0. The van der Waals surface area contributed by atoms with Gasteiger partial charge in [0.25, 0.3) is 10.0 Å². The van der Waals surface area contributed by atoms with Gasteiger partial charge in [-0.2, -0.15) is 0 Å². The number of nitrogens with one attached hydrogen (secondary N) is 1. The molecule has 0 saturated heterocycles. The molecule has 0 amide bonds. The van der Waals surface area contributed by atoms with Gasteiger partial charge in [0, 0.05) is 6.04 Å². The van der Waals surface area contributed by atoms with Gasteiger partial charge in [-0.05, 0) is 34.5 Å². The summed E-state index contributed by atoms with van der Waals surface area (Å²) >= 11 is 10.2. The molecule has 2 aromatic rings. The number of halogens is 2. The highest BCUT2D eigenvalue weighted by Crippen LogP contribution is 2.35. The van der Waals surface area contributed by atoms with Crippen molar-refractivity contribution in [1.82, 2.24) is 4.72 Å². The second-order valence-electron chi connectivity index (χ2n) is 3.94. The van der Waals surface area contributed by atoms with Crippen LogP contribution in [0.25, 0.3) is 0 Å². The molecule has 1 heterocycles. The molecule has 0 aliphatic heterocycles. The minimum Gasteiger partial charge on any atom is -0.206 e. The third kappa shape index (κ3) is 3.58. The largest absolute Gasteiger partial charge is 0.250 e. The van der Waals surface area contributed by atoms with Gasteiger partial charge in [-0.1, -0.05) is 41.9 Å². The number of hydrogen-bond donors (Lipinski definition) is 1. The summed E-state index contributed by atoms with van der Waals surface area (Å²) in [5.74, 6) is 0. The lowest BCUT2D eigenvalue weighted by Gasteiger charge is -2.13. The number of hydrogen-bond acceptors (Lipinski definition) is 3. The second kappa shape index (κ2) is 5.93. The van der Waals surface area contributed by atoms with Crippen LogP contribution in [0.4, 0.5) is 0 Å². The van der Waals surface area contributed by atoms with Crippen LogP contribution in [-0.4, -0.2) is 8.42 Å². The average molecular weight is 381 g/mol. The van der Waals surface area contributed by atoms with Crippen LogP contribution in [0.3, 0.4) is 0 Å². The maximum atomic E-state index is 12.2. The maximum absolute atomic E-state index is 12.2. The maximum Gasteiger partial charge on any atom is 0.250 e. The molecule has 7 heteroatoms. The molecule has 0 aliphatic rings. The van der Waals surface area contributed by atoms with Gasteiger partial charge in [-0.25, -0.2) is 13.1 Å². The van der Waals surface area contributed by atoms with Crippen molar-refractivity contribution < 1.29 is 8.42 Å². The molecular weight excluding hydrogens is 370 g/mol. The summed E-state index contributed by atoms with van der Waals surface area (Å²) in [7, 11) is -3.56. The van der Waals surface area contributed by atoms with Crippen molar-refractivity contribution in [2.75, 3.05) is 0 Å². The van der Waals surface area contributed by atoms with Crippen molar-refractivity contribution in [2.45, 2.75) is 17.2 Å². The molecule has 1 aromatic carbocycles. The van der Waals surface area contributed by atoms with Crippen LogP contribution < -0.4 is 4.72 Å². The fraction of sp³-hybridized carbons (Fsp3) is 0.167.